The molecule has 0 aliphatic carbocycles. The summed E-state index contributed by atoms with van der Waals surface area (Å²) in [4.78, 5) is 11.6. The van der Waals surface area contributed by atoms with E-state index in [0.717, 1.165) is 0 Å². The number of alkyl halides is 1. The van der Waals surface area contributed by atoms with Crippen LogP contribution >= 0.6 is 59.4 Å². The number of rotatable bonds is 1. The van der Waals surface area contributed by atoms with Gasteiger partial charge in [-0.05, 0) is 59.4 Å². The van der Waals surface area contributed by atoms with Crippen molar-refractivity contribution in [2.24, 2.45) is 0 Å². The minimum Gasteiger partial charge on any atom is -0.505 e. The summed E-state index contributed by atoms with van der Waals surface area (Å²) in [5.74, 6) is 0.135. The molecule has 1 N–H and O–H groups in total. The molecule has 1 aromatic carbocycles. The summed E-state index contributed by atoms with van der Waals surface area (Å²) in [6.07, 6.45) is 0. The maximum absolute atomic E-state index is 11.6. The lowest BCUT2D eigenvalue weighted by Crippen LogP contribution is -2.04. The second-order valence-corrected chi connectivity index (χ2v) is 5.92. The van der Waals surface area contributed by atoms with Crippen LogP contribution in [-0.4, -0.2) is 5.11 Å². The molecular weight excluding hydrogens is 443 g/mol. The van der Waals surface area contributed by atoms with E-state index in [1.807, 2.05) is 0 Å². The first kappa shape index (κ1) is 13.4. The lowest BCUT2D eigenvalue weighted by Gasteiger charge is -2.08. The number of phenolic OH excluding ortho intramolecular Hbond substituents is 1. The van der Waals surface area contributed by atoms with E-state index in [4.69, 9.17) is 16.0 Å². The average Bonchev–Trinajstić information content (AvgIpc) is 2.30. The fourth-order valence-corrected chi connectivity index (χ4v) is 3.50. The van der Waals surface area contributed by atoms with Crippen LogP contribution in [-0.2, 0) is 5.88 Å². The Morgan fingerprint density at radius 3 is 2.53 bits per heavy atom. The van der Waals surface area contributed by atoms with Crippen LogP contribution in [0.1, 0.15) is 5.56 Å². The number of hydrogen-bond acceptors (Lipinski definition) is 3. The van der Waals surface area contributed by atoms with E-state index < -0.39 is 5.63 Å². The minimum atomic E-state index is -0.532. The maximum atomic E-state index is 11.6. The molecule has 0 atom stereocenters. The third kappa shape index (κ3) is 2.16. The molecule has 7 heteroatoms. The Hall–Kier alpha value is -0.0400. The van der Waals surface area contributed by atoms with Gasteiger partial charge >= 0.3 is 5.63 Å². The van der Waals surface area contributed by atoms with Gasteiger partial charge in [-0.25, -0.2) is 4.79 Å². The number of aromatic hydroxyl groups is 1. The van der Waals surface area contributed by atoms with E-state index in [0.29, 0.717) is 24.4 Å². The Balaban J connectivity index is 3.06. The lowest BCUT2D eigenvalue weighted by atomic mass is 10.1. The quantitative estimate of drug-likeness (QED) is 0.517. The van der Waals surface area contributed by atoms with Crippen LogP contribution in [0.5, 0.6) is 5.75 Å². The maximum Gasteiger partial charge on any atom is 0.351 e. The van der Waals surface area contributed by atoms with Gasteiger partial charge in [0.1, 0.15) is 14.7 Å². The summed E-state index contributed by atoms with van der Waals surface area (Å²) in [6, 6.07) is 1.65. The smallest absolute Gasteiger partial charge is 0.351 e. The highest BCUT2D eigenvalue weighted by atomic mass is 79.9. The Morgan fingerprint density at radius 1 is 1.29 bits per heavy atom. The Kier molecular flexibility index (Phi) is 3.87. The largest absolute Gasteiger partial charge is 0.505 e. The van der Waals surface area contributed by atoms with E-state index >= 15 is 0 Å². The van der Waals surface area contributed by atoms with Crippen LogP contribution in [0.15, 0.2) is 28.7 Å². The summed E-state index contributed by atoms with van der Waals surface area (Å²) in [7, 11) is 0. The number of phenols is 1. The third-order valence-corrected chi connectivity index (χ3v) is 4.66. The van der Waals surface area contributed by atoms with Gasteiger partial charge in [0.15, 0.2) is 5.58 Å². The van der Waals surface area contributed by atoms with E-state index in [2.05, 4.69) is 47.8 Å². The Bertz CT molecular complexity index is 666. The number of hydrogen-bond donors (Lipinski definition) is 1. The molecule has 0 saturated carbocycles. The van der Waals surface area contributed by atoms with Crippen molar-refractivity contribution in [1.29, 1.82) is 0 Å². The van der Waals surface area contributed by atoms with Gasteiger partial charge in [0, 0.05) is 11.3 Å². The van der Waals surface area contributed by atoms with E-state index in [1.54, 1.807) is 6.07 Å². The molecule has 0 amide bonds. The second-order valence-electron chi connectivity index (χ2n) is 3.21. The van der Waals surface area contributed by atoms with Gasteiger partial charge in [-0.3, -0.25) is 0 Å². The van der Waals surface area contributed by atoms with Crippen molar-refractivity contribution in [3.8, 4) is 5.75 Å². The Morgan fingerprint density at radius 2 is 1.94 bits per heavy atom. The van der Waals surface area contributed by atoms with E-state index in [-0.39, 0.29) is 17.2 Å². The van der Waals surface area contributed by atoms with Gasteiger partial charge in [-0.1, -0.05) is 0 Å². The first-order valence-corrected chi connectivity index (χ1v) is 7.26. The van der Waals surface area contributed by atoms with Crippen molar-refractivity contribution < 1.29 is 9.52 Å². The topological polar surface area (TPSA) is 50.4 Å². The molecular formula is C10H4Br3ClO3. The van der Waals surface area contributed by atoms with Gasteiger partial charge in [0.2, 0.25) is 0 Å². The van der Waals surface area contributed by atoms with Crippen LogP contribution in [0.25, 0.3) is 11.0 Å². The monoisotopic (exact) mass is 444 g/mol. The molecule has 90 valence electrons. The molecule has 0 aliphatic heterocycles. The van der Waals surface area contributed by atoms with Gasteiger partial charge in [-0.2, -0.15) is 0 Å². The zero-order chi connectivity index (χ0) is 12.7. The lowest BCUT2D eigenvalue weighted by molar-refractivity contribution is 0.465. The molecule has 0 saturated heterocycles. The van der Waals surface area contributed by atoms with Crippen molar-refractivity contribution in [1.82, 2.24) is 0 Å². The van der Waals surface area contributed by atoms with Gasteiger partial charge in [0.25, 0.3) is 0 Å². The fraction of sp³-hybridized carbons (Fsp3) is 0.100. The van der Waals surface area contributed by atoms with Crippen molar-refractivity contribution in [2.75, 3.05) is 0 Å². The molecule has 0 radical (unpaired) electrons. The molecule has 2 aromatic rings. The van der Waals surface area contributed by atoms with Crippen LogP contribution in [0.4, 0.5) is 0 Å². The number of benzene rings is 1. The Labute approximate surface area is 126 Å². The van der Waals surface area contributed by atoms with Crippen molar-refractivity contribution in [3.05, 3.63) is 35.5 Å². The van der Waals surface area contributed by atoms with Gasteiger partial charge < -0.3 is 9.52 Å². The van der Waals surface area contributed by atoms with Gasteiger partial charge in [0.05, 0.1) is 4.47 Å². The fourth-order valence-electron chi connectivity index (χ4n) is 1.42. The van der Waals surface area contributed by atoms with Gasteiger partial charge in [-0.15, -0.1) is 11.6 Å². The standard InChI is InChI=1S/C10H4Br3ClO3/c11-5-1-3-4(2-14)6(12)10(16)17-9(3)7(13)8(5)15/h1,15H,2H2. The molecule has 0 unspecified atom stereocenters. The zero-order valence-corrected chi connectivity index (χ0v) is 13.6. The molecule has 0 aliphatic rings. The number of fused-ring (bicyclic) bond motifs is 1. The first-order chi connectivity index (χ1) is 7.97. The van der Waals surface area contributed by atoms with Crippen molar-refractivity contribution >= 4 is 70.4 Å². The highest BCUT2D eigenvalue weighted by Gasteiger charge is 2.17. The van der Waals surface area contributed by atoms with Crippen LogP contribution < -0.4 is 5.63 Å². The molecule has 1 heterocycles. The second kappa shape index (κ2) is 4.91. The van der Waals surface area contributed by atoms with E-state index in [9.17, 15) is 9.90 Å². The highest BCUT2D eigenvalue weighted by molar-refractivity contribution is 9.11. The SMILES string of the molecule is O=c1oc2c(Br)c(O)c(Br)cc2c(CCl)c1Br. The normalized spacial score (nSPS) is 11.1. The summed E-state index contributed by atoms with van der Waals surface area (Å²) in [6.45, 7) is 0. The molecule has 3 nitrogen and oxygen atoms in total. The third-order valence-electron chi connectivity index (χ3n) is 2.25. The zero-order valence-electron chi connectivity index (χ0n) is 8.06. The van der Waals surface area contributed by atoms with Crippen molar-refractivity contribution in [2.45, 2.75) is 5.88 Å². The van der Waals surface area contributed by atoms with Crippen LogP contribution in [0.3, 0.4) is 0 Å². The molecule has 0 fully saturated rings. The molecule has 0 bridgehead atoms. The average molecular weight is 447 g/mol. The summed E-state index contributed by atoms with van der Waals surface area (Å²) in [5, 5.41) is 10.4. The number of halogens is 4. The van der Waals surface area contributed by atoms with Crippen LogP contribution in [0.2, 0.25) is 0 Å². The summed E-state index contributed by atoms with van der Waals surface area (Å²) in [5.41, 5.74) is 0.365. The molecule has 2 rings (SSSR count). The minimum absolute atomic E-state index is 0.0245. The summed E-state index contributed by atoms with van der Waals surface area (Å²) < 4.78 is 6.22. The predicted octanol–water partition coefficient (Wildman–Crippen LogP) is 4.52. The van der Waals surface area contributed by atoms with Crippen LogP contribution in [0, 0.1) is 0 Å². The highest BCUT2D eigenvalue weighted by Crippen LogP contribution is 2.40. The molecule has 17 heavy (non-hydrogen) atoms. The first-order valence-electron chi connectivity index (χ1n) is 4.35. The molecule has 1 aromatic heterocycles. The predicted molar refractivity (Wildman–Crippen MR) is 76.8 cm³/mol. The molecule has 0 spiro atoms. The van der Waals surface area contributed by atoms with Crippen molar-refractivity contribution in [3.63, 3.8) is 0 Å². The summed E-state index contributed by atoms with van der Waals surface area (Å²) >= 11 is 15.4. The van der Waals surface area contributed by atoms with E-state index in [1.165, 1.54) is 0 Å².